The fourth-order valence-electron chi connectivity index (χ4n) is 2.27. The molecule has 0 aromatic rings. The number of carbonyl (C=O) groups excluding carboxylic acids is 2. The first-order valence-electron chi connectivity index (χ1n) is 7.28. The third kappa shape index (κ3) is 6.73. The van der Waals surface area contributed by atoms with Crippen molar-refractivity contribution in [1.29, 1.82) is 0 Å². The van der Waals surface area contributed by atoms with Gasteiger partial charge in [0, 0.05) is 6.08 Å². The van der Waals surface area contributed by atoms with Crippen LogP contribution in [0.5, 0.6) is 0 Å². The van der Waals surface area contributed by atoms with Crippen LogP contribution in [0.15, 0.2) is 12.2 Å². The molecule has 4 nitrogen and oxygen atoms in total. The first-order chi connectivity index (χ1) is 9.30. The Morgan fingerprint density at radius 1 is 1.30 bits per heavy atom. The monoisotopic (exact) mass is 282 g/mol. The van der Waals surface area contributed by atoms with E-state index in [0.29, 0.717) is 12.3 Å². The van der Waals surface area contributed by atoms with Gasteiger partial charge in [-0.15, -0.1) is 0 Å². The molecule has 0 unspecified atom stereocenters. The predicted octanol–water partition coefficient (Wildman–Crippen LogP) is 3.25. The summed E-state index contributed by atoms with van der Waals surface area (Å²) in [5, 5.41) is 0. The molecular weight excluding hydrogens is 256 g/mol. The van der Waals surface area contributed by atoms with Crippen LogP contribution in [-0.2, 0) is 19.1 Å². The number of rotatable bonds is 6. The Balaban J connectivity index is 2.54. The summed E-state index contributed by atoms with van der Waals surface area (Å²) in [4.78, 5) is 23.1. The Hall–Kier alpha value is -1.32. The summed E-state index contributed by atoms with van der Waals surface area (Å²) >= 11 is 0. The molecule has 0 aliphatic heterocycles. The quantitative estimate of drug-likeness (QED) is 0.554. The number of methoxy groups -OCH3 is 1. The Labute approximate surface area is 121 Å². The number of allylic oxidation sites excluding steroid dienone is 1. The van der Waals surface area contributed by atoms with Crippen molar-refractivity contribution in [2.75, 3.05) is 7.11 Å². The fraction of sp³-hybridized carbons (Fsp3) is 0.750. The van der Waals surface area contributed by atoms with Crippen molar-refractivity contribution in [3.63, 3.8) is 0 Å². The lowest BCUT2D eigenvalue weighted by atomic mass is 9.78. The van der Waals surface area contributed by atoms with Crippen molar-refractivity contribution in [3.8, 4) is 0 Å². The number of esters is 2. The van der Waals surface area contributed by atoms with E-state index in [4.69, 9.17) is 4.74 Å². The average molecular weight is 282 g/mol. The lowest BCUT2D eigenvalue weighted by Gasteiger charge is -2.28. The van der Waals surface area contributed by atoms with Gasteiger partial charge in [-0.3, -0.25) is 4.79 Å². The highest BCUT2D eigenvalue weighted by molar-refractivity contribution is 5.82. The second-order valence-corrected chi connectivity index (χ2v) is 6.47. The fourth-order valence-corrected chi connectivity index (χ4v) is 2.27. The van der Waals surface area contributed by atoms with Crippen molar-refractivity contribution < 1.29 is 19.1 Å². The summed E-state index contributed by atoms with van der Waals surface area (Å²) < 4.78 is 9.94. The van der Waals surface area contributed by atoms with Crippen LogP contribution in [0.25, 0.3) is 0 Å². The molecule has 0 N–H and O–H groups in total. The SMILES string of the molecule is COC(=O)/C=C/[C@@H](CC(=O)OC(C)(C)C)CC1CCC1. The Bertz CT molecular complexity index is 361. The maximum absolute atomic E-state index is 11.9. The molecule has 1 aliphatic carbocycles. The van der Waals surface area contributed by atoms with Gasteiger partial charge in [0.2, 0.25) is 0 Å². The molecule has 1 atom stereocenters. The highest BCUT2D eigenvalue weighted by atomic mass is 16.6. The molecule has 1 fully saturated rings. The smallest absolute Gasteiger partial charge is 0.330 e. The molecule has 0 radical (unpaired) electrons. The van der Waals surface area contributed by atoms with Gasteiger partial charge in [0.25, 0.3) is 0 Å². The largest absolute Gasteiger partial charge is 0.466 e. The minimum absolute atomic E-state index is 0.0502. The summed E-state index contributed by atoms with van der Waals surface area (Å²) in [5.41, 5.74) is -0.468. The molecule has 0 heterocycles. The van der Waals surface area contributed by atoms with E-state index < -0.39 is 5.60 Å². The van der Waals surface area contributed by atoms with Crippen molar-refractivity contribution >= 4 is 11.9 Å². The topological polar surface area (TPSA) is 52.6 Å². The molecule has 1 saturated carbocycles. The molecule has 20 heavy (non-hydrogen) atoms. The minimum Gasteiger partial charge on any atom is -0.466 e. The number of ether oxygens (including phenoxy) is 2. The van der Waals surface area contributed by atoms with E-state index in [1.165, 1.54) is 32.4 Å². The van der Waals surface area contributed by atoms with E-state index in [0.717, 1.165) is 6.42 Å². The van der Waals surface area contributed by atoms with Crippen molar-refractivity contribution in [2.24, 2.45) is 11.8 Å². The van der Waals surface area contributed by atoms with Crippen LogP contribution in [-0.4, -0.2) is 24.6 Å². The van der Waals surface area contributed by atoms with Crippen LogP contribution >= 0.6 is 0 Å². The van der Waals surface area contributed by atoms with Gasteiger partial charge in [0.15, 0.2) is 0 Å². The molecular formula is C16H26O4. The highest BCUT2D eigenvalue weighted by Crippen LogP contribution is 2.34. The van der Waals surface area contributed by atoms with Crippen LogP contribution in [0.2, 0.25) is 0 Å². The molecule has 0 aromatic carbocycles. The first kappa shape index (κ1) is 16.7. The summed E-state index contributed by atoms with van der Waals surface area (Å²) in [7, 11) is 1.35. The van der Waals surface area contributed by atoms with E-state index >= 15 is 0 Å². The maximum Gasteiger partial charge on any atom is 0.330 e. The summed E-state index contributed by atoms with van der Waals surface area (Å²) in [6.07, 6.45) is 8.16. The minimum atomic E-state index is -0.468. The second-order valence-electron chi connectivity index (χ2n) is 6.47. The van der Waals surface area contributed by atoms with Crippen molar-refractivity contribution in [1.82, 2.24) is 0 Å². The highest BCUT2D eigenvalue weighted by Gasteiger charge is 2.24. The maximum atomic E-state index is 11.9. The lowest BCUT2D eigenvalue weighted by molar-refractivity contribution is -0.155. The van der Waals surface area contributed by atoms with Gasteiger partial charge in [-0.25, -0.2) is 4.79 Å². The molecule has 0 bridgehead atoms. The molecule has 0 spiro atoms. The molecule has 0 aromatic heterocycles. The van der Waals surface area contributed by atoms with Gasteiger partial charge >= 0.3 is 11.9 Å². The van der Waals surface area contributed by atoms with Crippen LogP contribution in [0.3, 0.4) is 0 Å². The Morgan fingerprint density at radius 3 is 2.40 bits per heavy atom. The van der Waals surface area contributed by atoms with Crippen molar-refractivity contribution in [2.45, 2.75) is 58.5 Å². The summed E-state index contributed by atoms with van der Waals surface area (Å²) in [6, 6.07) is 0. The second kappa shape index (κ2) is 7.46. The average Bonchev–Trinajstić information content (AvgIpc) is 2.27. The van der Waals surface area contributed by atoms with E-state index in [1.54, 1.807) is 6.08 Å². The summed E-state index contributed by atoms with van der Waals surface area (Å²) in [6.45, 7) is 5.57. The van der Waals surface area contributed by atoms with E-state index in [-0.39, 0.29) is 17.9 Å². The molecule has 4 heteroatoms. The number of hydrogen-bond donors (Lipinski definition) is 0. The van der Waals surface area contributed by atoms with Gasteiger partial charge in [0.1, 0.15) is 5.60 Å². The molecule has 0 amide bonds. The zero-order chi connectivity index (χ0) is 15.2. The lowest BCUT2D eigenvalue weighted by Crippen LogP contribution is -2.26. The predicted molar refractivity (Wildman–Crippen MR) is 77.1 cm³/mol. The molecule has 1 aliphatic rings. The molecule has 1 rings (SSSR count). The molecule has 114 valence electrons. The zero-order valence-electron chi connectivity index (χ0n) is 13.0. The van der Waals surface area contributed by atoms with Gasteiger partial charge < -0.3 is 9.47 Å². The molecule has 0 saturated heterocycles. The third-order valence-electron chi connectivity index (χ3n) is 3.42. The first-order valence-corrected chi connectivity index (χ1v) is 7.28. The van der Waals surface area contributed by atoms with Gasteiger partial charge in [-0.2, -0.15) is 0 Å². The van der Waals surface area contributed by atoms with Gasteiger partial charge in [-0.1, -0.05) is 25.3 Å². The Morgan fingerprint density at radius 2 is 1.95 bits per heavy atom. The van der Waals surface area contributed by atoms with Crippen LogP contribution in [0.4, 0.5) is 0 Å². The van der Waals surface area contributed by atoms with E-state index in [1.807, 2.05) is 20.8 Å². The Kier molecular flexibility index (Phi) is 6.24. The number of hydrogen-bond acceptors (Lipinski definition) is 4. The van der Waals surface area contributed by atoms with E-state index in [2.05, 4.69) is 4.74 Å². The number of carbonyl (C=O) groups is 2. The van der Waals surface area contributed by atoms with Crippen molar-refractivity contribution in [3.05, 3.63) is 12.2 Å². The van der Waals surface area contributed by atoms with Crippen LogP contribution < -0.4 is 0 Å². The standard InChI is InChI=1S/C16H26O4/c1-16(2,3)20-15(18)11-13(8-9-14(17)19-4)10-12-6-5-7-12/h8-9,12-13H,5-7,10-11H2,1-4H3/b9-8+/t13-/m1/s1. The normalized spacial score (nSPS) is 17.6. The van der Waals surface area contributed by atoms with Gasteiger partial charge in [0.05, 0.1) is 13.5 Å². The third-order valence-corrected chi connectivity index (χ3v) is 3.42. The zero-order valence-corrected chi connectivity index (χ0v) is 13.0. The van der Waals surface area contributed by atoms with Crippen LogP contribution in [0.1, 0.15) is 52.9 Å². The van der Waals surface area contributed by atoms with Gasteiger partial charge in [-0.05, 0) is 39.0 Å². The summed E-state index contributed by atoms with van der Waals surface area (Å²) in [5.74, 6) is 0.128. The van der Waals surface area contributed by atoms with Crippen LogP contribution in [0, 0.1) is 11.8 Å². The van der Waals surface area contributed by atoms with E-state index in [9.17, 15) is 9.59 Å².